The fourth-order valence-corrected chi connectivity index (χ4v) is 1.83. The third-order valence-electron chi connectivity index (χ3n) is 2.54. The van der Waals surface area contributed by atoms with Crippen molar-refractivity contribution in [2.24, 2.45) is 0 Å². The van der Waals surface area contributed by atoms with Crippen molar-refractivity contribution in [2.75, 3.05) is 0 Å². The Balaban J connectivity index is 2.17. The van der Waals surface area contributed by atoms with Crippen LogP contribution in [-0.4, -0.2) is 4.92 Å². The minimum Gasteiger partial charge on any atom is -0.489 e. The first-order valence-electron chi connectivity index (χ1n) is 5.48. The first-order valence-corrected chi connectivity index (χ1v) is 6.24. The standard InChI is InChI=1S/C13H8Cl2FNO3/c14-10-5-4-9(6-11(10)15)20-7-8-2-1-3-12(13(8)16)17(18)19/h1-6H,7H2. The normalized spacial score (nSPS) is 10.3. The molecule has 0 aliphatic heterocycles. The number of hydrogen-bond acceptors (Lipinski definition) is 3. The van der Waals surface area contributed by atoms with Crippen molar-refractivity contribution in [3.05, 3.63) is 67.9 Å². The van der Waals surface area contributed by atoms with Gasteiger partial charge in [0.05, 0.1) is 15.0 Å². The molecular formula is C13H8Cl2FNO3. The van der Waals surface area contributed by atoms with Crippen LogP contribution in [0.4, 0.5) is 10.1 Å². The first kappa shape index (κ1) is 14.6. The number of ether oxygens (including phenoxy) is 1. The van der Waals surface area contributed by atoms with Gasteiger partial charge in [-0.1, -0.05) is 35.3 Å². The molecule has 4 nitrogen and oxygen atoms in total. The Bertz CT molecular complexity index is 664. The highest BCUT2D eigenvalue weighted by molar-refractivity contribution is 6.42. The van der Waals surface area contributed by atoms with Crippen LogP contribution in [0.5, 0.6) is 5.75 Å². The molecule has 0 heterocycles. The maximum Gasteiger partial charge on any atom is 0.305 e. The molecule has 2 aromatic carbocycles. The topological polar surface area (TPSA) is 52.4 Å². The van der Waals surface area contributed by atoms with Crippen LogP contribution in [0.3, 0.4) is 0 Å². The maximum atomic E-state index is 13.8. The van der Waals surface area contributed by atoms with Crippen molar-refractivity contribution >= 4 is 28.9 Å². The lowest BCUT2D eigenvalue weighted by Crippen LogP contribution is -2.01. The smallest absolute Gasteiger partial charge is 0.305 e. The molecule has 0 unspecified atom stereocenters. The van der Waals surface area contributed by atoms with E-state index in [0.717, 1.165) is 6.07 Å². The molecule has 0 aliphatic carbocycles. The Hall–Kier alpha value is -1.85. The van der Waals surface area contributed by atoms with Gasteiger partial charge in [-0.3, -0.25) is 10.1 Å². The van der Waals surface area contributed by atoms with Crippen molar-refractivity contribution in [1.82, 2.24) is 0 Å². The minimum absolute atomic E-state index is 0.0882. The van der Waals surface area contributed by atoms with Crippen LogP contribution in [0.25, 0.3) is 0 Å². The third-order valence-corrected chi connectivity index (χ3v) is 3.28. The van der Waals surface area contributed by atoms with Crippen LogP contribution in [-0.2, 0) is 6.61 Å². The van der Waals surface area contributed by atoms with Gasteiger partial charge in [-0.05, 0) is 12.1 Å². The lowest BCUT2D eigenvalue weighted by Gasteiger charge is -2.08. The molecule has 0 fully saturated rings. The van der Waals surface area contributed by atoms with E-state index in [1.54, 1.807) is 12.1 Å². The van der Waals surface area contributed by atoms with Gasteiger partial charge in [-0.25, -0.2) is 0 Å². The maximum absolute atomic E-state index is 13.8. The zero-order chi connectivity index (χ0) is 14.7. The summed E-state index contributed by atoms with van der Waals surface area (Å²) < 4.78 is 19.1. The van der Waals surface area contributed by atoms with E-state index in [0.29, 0.717) is 15.8 Å². The van der Waals surface area contributed by atoms with Crippen LogP contribution < -0.4 is 4.74 Å². The molecule has 0 aliphatic rings. The Kier molecular flexibility index (Phi) is 4.42. The van der Waals surface area contributed by atoms with E-state index >= 15 is 0 Å². The van der Waals surface area contributed by atoms with Crippen molar-refractivity contribution in [3.8, 4) is 5.75 Å². The number of halogens is 3. The molecular weight excluding hydrogens is 308 g/mol. The summed E-state index contributed by atoms with van der Waals surface area (Å²) in [5.74, 6) is -0.511. The van der Waals surface area contributed by atoms with Crippen LogP contribution in [0.1, 0.15) is 5.56 Å². The number of rotatable bonds is 4. The summed E-state index contributed by atoms with van der Waals surface area (Å²) in [6.45, 7) is -0.147. The van der Waals surface area contributed by atoms with E-state index < -0.39 is 16.4 Å². The van der Waals surface area contributed by atoms with Crippen LogP contribution in [0.2, 0.25) is 10.0 Å². The molecule has 7 heteroatoms. The zero-order valence-corrected chi connectivity index (χ0v) is 11.5. The van der Waals surface area contributed by atoms with Crippen LogP contribution in [0, 0.1) is 15.9 Å². The molecule has 0 radical (unpaired) electrons. The molecule has 20 heavy (non-hydrogen) atoms. The number of nitrogens with zero attached hydrogens (tertiary/aromatic N) is 1. The highest BCUT2D eigenvalue weighted by Crippen LogP contribution is 2.27. The zero-order valence-electron chi connectivity index (χ0n) is 9.98. The molecule has 0 amide bonds. The van der Waals surface area contributed by atoms with Gasteiger partial charge >= 0.3 is 5.69 Å². The molecule has 0 saturated heterocycles. The van der Waals surface area contributed by atoms with Gasteiger partial charge in [0.2, 0.25) is 5.82 Å². The van der Waals surface area contributed by atoms with Gasteiger partial charge in [-0.2, -0.15) is 4.39 Å². The lowest BCUT2D eigenvalue weighted by atomic mass is 10.2. The van der Waals surface area contributed by atoms with Gasteiger partial charge in [0, 0.05) is 17.7 Å². The molecule has 0 N–H and O–H groups in total. The largest absolute Gasteiger partial charge is 0.489 e. The fourth-order valence-electron chi connectivity index (χ4n) is 1.55. The molecule has 0 bridgehead atoms. The van der Waals surface area contributed by atoms with Crippen molar-refractivity contribution in [1.29, 1.82) is 0 Å². The van der Waals surface area contributed by atoms with Crippen molar-refractivity contribution in [2.45, 2.75) is 6.61 Å². The minimum atomic E-state index is -0.905. The van der Waals surface area contributed by atoms with E-state index in [2.05, 4.69) is 0 Å². The summed E-state index contributed by atoms with van der Waals surface area (Å²) in [4.78, 5) is 9.84. The van der Waals surface area contributed by atoms with E-state index in [4.69, 9.17) is 27.9 Å². The summed E-state index contributed by atoms with van der Waals surface area (Å²) in [6, 6.07) is 8.51. The summed E-state index contributed by atoms with van der Waals surface area (Å²) in [7, 11) is 0. The lowest BCUT2D eigenvalue weighted by molar-refractivity contribution is -0.387. The number of benzene rings is 2. The Labute approximate surface area is 123 Å². The van der Waals surface area contributed by atoms with E-state index in [1.807, 2.05) is 0 Å². The number of hydrogen-bond donors (Lipinski definition) is 0. The summed E-state index contributed by atoms with van der Waals surface area (Å²) in [6.07, 6.45) is 0. The molecule has 0 aromatic heterocycles. The predicted molar refractivity (Wildman–Crippen MR) is 73.8 cm³/mol. The van der Waals surface area contributed by atoms with Gasteiger partial charge in [0.15, 0.2) is 0 Å². The summed E-state index contributed by atoms with van der Waals surface area (Å²) >= 11 is 11.6. The first-order chi connectivity index (χ1) is 9.49. The summed E-state index contributed by atoms with van der Waals surface area (Å²) in [5.41, 5.74) is -0.495. The van der Waals surface area contributed by atoms with Crippen molar-refractivity contribution < 1.29 is 14.1 Å². The quantitative estimate of drug-likeness (QED) is 0.611. The Morgan fingerprint density at radius 2 is 1.95 bits per heavy atom. The molecule has 104 valence electrons. The number of nitro benzene ring substituents is 1. The molecule has 0 saturated carbocycles. The second-order valence-electron chi connectivity index (χ2n) is 3.87. The second-order valence-corrected chi connectivity index (χ2v) is 4.69. The fraction of sp³-hybridized carbons (Fsp3) is 0.0769. The van der Waals surface area contributed by atoms with Crippen LogP contribution in [0.15, 0.2) is 36.4 Å². The van der Waals surface area contributed by atoms with Gasteiger partial charge < -0.3 is 4.74 Å². The predicted octanol–water partition coefficient (Wildman–Crippen LogP) is 4.62. The summed E-state index contributed by atoms with van der Waals surface area (Å²) in [5, 5.41) is 11.3. The Morgan fingerprint density at radius 3 is 2.60 bits per heavy atom. The van der Waals surface area contributed by atoms with Gasteiger partial charge in [0.1, 0.15) is 12.4 Å². The highest BCUT2D eigenvalue weighted by Gasteiger charge is 2.17. The van der Waals surface area contributed by atoms with E-state index in [-0.39, 0.29) is 12.2 Å². The van der Waals surface area contributed by atoms with Gasteiger partial charge in [0.25, 0.3) is 0 Å². The average Bonchev–Trinajstić information content (AvgIpc) is 2.41. The van der Waals surface area contributed by atoms with Gasteiger partial charge in [-0.15, -0.1) is 0 Å². The van der Waals surface area contributed by atoms with E-state index in [9.17, 15) is 14.5 Å². The van der Waals surface area contributed by atoms with E-state index in [1.165, 1.54) is 18.2 Å². The number of nitro groups is 1. The SMILES string of the molecule is O=[N+]([O-])c1cccc(COc2ccc(Cl)c(Cl)c2)c1F. The highest BCUT2D eigenvalue weighted by atomic mass is 35.5. The molecule has 0 atom stereocenters. The third kappa shape index (κ3) is 3.18. The van der Waals surface area contributed by atoms with Crippen molar-refractivity contribution in [3.63, 3.8) is 0 Å². The monoisotopic (exact) mass is 315 g/mol. The van der Waals surface area contributed by atoms with Crippen LogP contribution >= 0.6 is 23.2 Å². The second kappa shape index (κ2) is 6.07. The Morgan fingerprint density at radius 1 is 1.20 bits per heavy atom. The molecule has 2 rings (SSSR count). The molecule has 2 aromatic rings. The average molecular weight is 316 g/mol. The molecule has 0 spiro atoms.